The molecule has 20 heavy (non-hydrogen) atoms. The lowest BCUT2D eigenvalue weighted by Crippen LogP contribution is -2.36. The van der Waals surface area contributed by atoms with Crippen molar-refractivity contribution >= 4 is 11.7 Å². The number of carbonyl (C=O) groups is 1. The molecule has 3 rings (SSSR count). The van der Waals surface area contributed by atoms with Crippen molar-refractivity contribution in [2.75, 3.05) is 31.2 Å². The van der Waals surface area contributed by atoms with Gasteiger partial charge in [0.25, 0.3) is 0 Å². The minimum atomic E-state index is -1.12. The molecule has 2 aromatic rings. The molecule has 0 bridgehead atoms. The van der Waals surface area contributed by atoms with Gasteiger partial charge < -0.3 is 19.3 Å². The number of hydrogen-bond acceptors (Lipinski definition) is 5. The van der Waals surface area contributed by atoms with Crippen molar-refractivity contribution in [2.45, 2.75) is 0 Å². The molecule has 0 aliphatic carbocycles. The average molecular weight is 274 g/mol. The Morgan fingerprint density at radius 1 is 1.25 bits per heavy atom. The number of carboxylic acid groups (broad SMARTS) is 1. The summed E-state index contributed by atoms with van der Waals surface area (Å²) in [6.07, 6.45) is 0. The predicted molar refractivity (Wildman–Crippen MR) is 71.9 cm³/mol. The van der Waals surface area contributed by atoms with Crippen LogP contribution in [0.2, 0.25) is 0 Å². The highest BCUT2D eigenvalue weighted by atomic mass is 16.5. The summed E-state index contributed by atoms with van der Waals surface area (Å²) in [5, 5.41) is 12.6. The number of morpholine rings is 1. The lowest BCUT2D eigenvalue weighted by atomic mass is 10.1. The van der Waals surface area contributed by atoms with E-state index in [1.165, 1.54) is 6.07 Å². The zero-order valence-electron chi connectivity index (χ0n) is 10.8. The van der Waals surface area contributed by atoms with Gasteiger partial charge in [0.15, 0.2) is 0 Å². The second-order valence-electron chi connectivity index (χ2n) is 4.53. The summed E-state index contributed by atoms with van der Waals surface area (Å²) in [4.78, 5) is 13.0. The van der Waals surface area contributed by atoms with Gasteiger partial charge in [0.05, 0.1) is 13.2 Å². The van der Waals surface area contributed by atoms with Crippen LogP contribution >= 0.6 is 0 Å². The normalized spacial score (nSPS) is 15.3. The van der Waals surface area contributed by atoms with Gasteiger partial charge in [-0.2, -0.15) is 0 Å². The summed E-state index contributed by atoms with van der Waals surface area (Å²) in [5.74, 6) is -1.27. The largest absolute Gasteiger partial charge is 0.475 e. The quantitative estimate of drug-likeness (QED) is 0.921. The topological polar surface area (TPSA) is 75.8 Å². The molecular formula is C14H14N2O4. The van der Waals surface area contributed by atoms with Crippen molar-refractivity contribution in [1.82, 2.24) is 5.16 Å². The van der Waals surface area contributed by atoms with Crippen LogP contribution in [0.3, 0.4) is 0 Å². The fourth-order valence-electron chi connectivity index (χ4n) is 2.20. The zero-order chi connectivity index (χ0) is 13.9. The van der Waals surface area contributed by atoms with Gasteiger partial charge >= 0.3 is 5.97 Å². The van der Waals surface area contributed by atoms with E-state index in [2.05, 4.69) is 10.1 Å². The summed E-state index contributed by atoms with van der Waals surface area (Å²) in [6.45, 7) is 3.14. The number of benzene rings is 1. The van der Waals surface area contributed by atoms with Crippen LogP contribution in [0.25, 0.3) is 11.3 Å². The maximum absolute atomic E-state index is 10.8. The van der Waals surface area contributed by atoms with Crippen molar-refractivity contribution in [3.05, 3.63) is 36.1 Å². The van der Waals surface area contributed by atoms with Crippen LogP contribution < -0.4 is 4.90 Å². The SMILES string of the molecule is O=C(O)c1cc(-c2cccc(N3CCOCC3)c2)no1. The first-order valence-corrected chi connectivity index (χ1v) is 6.37. The Morgan fingerprint density at radius 3 is 2.75 bits per heavy atom. The summed E-state index contributed by atoms with van der Waals surface area (Å²) in [7, 11) is 0. The molecular weight excluding hydrogens is 260 g/mol. The monoisotopic (exact) mass is 274 g/mol. The molecule has 0 spiro atoms. The van der Waals surface area contributed by atoms with E-state index < -0.39 is 5.97 Å². The second-order valence-corrected chi connectivity index (χ2v) is 4.53. The number of ether oxygens (including phenoxy) is 1. The molecule has 1 N–H and O–H groups in total. The Labute approximate surface area is 115 Å². The number of aromatic carboxylic acids is 1. The fraction of sp³-hybridized carbons (Fsp3) is 0.286. The number of aromatic nitrogens is 1. The second kappa shape index (κ2) is 5.34. The standard InChI is InChI=1S/C14H14N2O4/c17-14(18)13-9-12(15-20-13)10-2-1-3-11(8-10)16-4-6-19-7-5-16/h1-3,8-9H,4-7H2,(H,17,18). The Morgan fingerprint density at radius 2 is 2.05 bits per heavy atom. The van der Waals surface area contributed by atoms with E-state index in [1.807, 2.05) is 24.3 Å². The molecule has 0 amide bonds. The highest BCUT2D eigenvalue weighted by Gasteiger charge is 2.15. The van der Waals surface area contributed by atoms with Gasteiger partial charge in [-0.25, -0.2) is 4.79 Å². The van der Waals surface area contributed by atoms with E-state index in [0.29, 0.717) is 5.69 Å². The van der Waals surface area contributed by atoms with Crippen molar-refractivity contribution < 1.29 is 19.2 Å². The number of carboxylic acids is 1. The summed E-state index contributed by atoms with van der Waals surface area (Å²) < 4.78 is 10.1. The predicted octanol–water partition coefficient (Wildman–Crippen LogP) is 1.88. The van der Waals surface area contributed by atoms with Gasteiger partial charge in [0.1, 0.15) is 5.69 Å². The van der Waals surface area contributed by atoms with Crippen LogP contribution in [0.5, 0.6) is 0 Å². The molecule has 6 heteroatoms. The van der Waals surface area contributed by atoms with Crippen LogP contribution in [0.1, 0.15) is 10.6 Å². The van der Waals surface area contributed by atoms with Crippen molar-refractivity contribution in [3.8, 4) is 11.3 Å². The highest BCUT2D eigenvalue weighted by molar-refractivity contribution is 5.85. The molecule has 1 aromatic carbocycles. The molecule has 0 radical (unpaired) electrons. The Bertz CT molecular complexity index is 617. The first-order chi connectivity index (χ1) is 9.74. The number of hydrogen-bond donors (Lipinski definition) is 1. The smallest absolute Gasteiger partial charge is 0.374 e. The number of nitrogens with zero attached hydrogens (tertiary/aromatic N) is 2. The fourth-order valence-corrected chi connectivity index (χ4v) is 2.20. The molecule has 1 aromatic heterocycles. The minimum absolute atomic E-state index is 0.156. The average Bonchev–Trinajstić information content (AvgIpc) is 2.98. The molecule has 1 fully saturated rings. The molecule has 1 saturated heterocycles. The Hall–Kier alpha value is -2.34. The van der Waals surface area contributed by atoms with Gasteiger partial charge in [-0.3, -0.25) is 0 Å². The molecule has 104 valence electrons. The van der Waals surface area contributed by atoms with Crippen molar-refractivity contribution in [3.63, 3.8) is 0 Å². The van der Waals surface area contributed by atoms with Gasteiger partial charge in [-0.05, 0) is 12.1 Å². The van der Waals surface area contributed by atoms with Crippen molar-refractivity contribution in [1.29, 1.82) is 0 Å². The first kappa shape index (κ1) is 12.7. The summed E-state index contributed by atoms with van der Waals surface area (Å²) >= 11 is 0. The van der Waals surface area contributed by atoms with Gasteiger partial charge in [0, 0.05) is 30.4 Å². The van der Waals surface area contributed by atoms with Crippen LogP contribution in [0.15, 0.2) is 34.9 Å². The molecule has 0 atom stereocenters. The van der Waals surface area contributed by atoms with Gasteiger partial charge in [0.2, 0.25) is 5.76 Å². The Kier molecular flexibility index (Phi) is 3.39. The lowest BCUT2D eigenvalue weighted by molar-refractivity contribution is 0.0652. The third-order valence-electron chi connectivity index (χ3n) is 3.24. The number of rotatable bonds is 3. The van der Waals surface area contributed by atoms with E-state index in [-0.39, 0.29) is 5.76 Å². The van der Waals surface area contributed by atoms with E-state index in [1.54, 1.807) is 0 Å². The van der Waals surface area contributed by atoms with Crippen molar-refractivity contribution in [2.24, 2.45) is 0 Å². The van der Waals surface area contributed by atoms with E-state index in [9.17, 15) is 4.79 Å². The van der Waals surface area contributed by atoms with Crippen LogP contribution in [0.4, 0.5) is 5.69 Å². The van der Waals surface area contributed by atoms with Gasteiger partial charge in [-0.15, -0.1) is 0 Å². The first-order valence-electron chi connectivity index (χ1n) is 6.37. The maximum Gasteiger partial charge on any atom is 0.374 e. The minimum Gasteiger partial charge on any atom is -0.475 e. The third-order valence-corrected chi connectivity index (χ3v) is 3.24. The van der Waals surface area contributed by atoms with E-state index in [0.717, 1.165) is 37.6 Å². The zero-order valence-corrected chi connectivity index (χ0v) is 10.8. The van der Waals surface area contributed by atoms with Crippen LogP contribution in [-0.4, -0.2) is 42.5 Å². The summed E-state index contributed by atoms with van der Waals surface area (Å²) in [5.41, 5.74) is 2.44. The molecule has 0 unspecified atom stereocenters. The molecule has 0 saturated carbocycles. The Balaban J connectivity index is 1.87. The van der Waals surface area contributed by atoms with Crippen LogP contribution in [0, 0.1) is 0 Å². The van der Waals surface area contributed by atoms with E-state index in [4.69, 9.17) is 14.4 Å². The third kappa shape index (κ3) is 2.50. The van der Waals surface area contributed by atoms with Gasteiger partial charge in [-0.1, -0.05) is 17.3 Å². The van der Waals surface area contributed by atoms with Crippen LogP contribution in [-0.2, 0) is 4.74 Å². The van der Waals surface area contributed by atoms with E-state index >= 15 is 0 Å². The maximum atomic E-state index is 10.8. The number of anilines is 1. The molecule has 1 aliphatic heterocycles. The lowest BCUT2D eigenvalue weighted by Gasteiger charge is -2.29. The molecule has 1 aliphatic rings. The molecule has 2 heterocycles. The highest BCUT2D eigenvalue weighted by Crippen LogP contribution is 2.25. The molecule has 6 nitrogen and oxygen atoms in total. The summed E-state index contributed by atoms with van der Waals surface area (Å²) in [6, 6.07) is 9.24.